The van der Waals surface area contributed by atoms with Gasteiger partial charge in [-0.3, -0.25) is 0 Å². The quantitative estimate of drug-likeness (QED) is 0.896. The lowest BCUT2D eigenvalue weighted by Gasteiger charge is -2.10. The van der Waals surface area contributed by atoms with Crippen molar-refractivity contribution in [1.29, 1.82) is 0 Å². The Hall–Kier alpha value is -0.430. The number of thiophene rings is 1. The molecule has 1 aliphatic rings. The Balaban J connectivity index is 2.33. The molecule has 1 aromatic rings. The zero-order valence-electron chi connectivity index (χ0n) is 12.1. The molecule has 1 aromatic heterocycles. The topological polar surface area (TPSA) is 72.2 Å². The van der Waals surface area contributed by atoms with Crippen molar-refractivity contribution in [2.24, 2.45) is 16.6 Å². The Morgan fingerprint density at radius 2 is 1.84 bits per heavy atom. The summed E-state index contributed by atoms with van der Waals surface area (Å²) in [5, 5.41) is 1.85. The zero-order chi connectivity index (χ0) is 14.6. The summed E-state index contributed by atoms with van der Waals surface area (Å²) in [6, 6.07) is -0.0325. The van der Waals surface area contributed by atoms with Crippen molar-refractivity contribution in [2.75, 3.05) is 0 Å². The monoisotopic (exact) mass is 302 g/mol. The standard InChI is InChI=1S/C13H22N2O2S2/c1-8-7-18-9(6-14)10(8)19(16,17)15-11-12(2,3)13(11,4)5/h7,11,15H,6,14H2,1-5H3. The largest absolute Gasteiger partial charge is 0.326 e. The van der Waals surface area contributed by atoms with E-state index in [0.29, 0.717) is 4.90 Å². The molecule has 6 heteroatoms. The van der Waals surface area contributed by atoms with Gasteiger partial charge in [-0.05, 0) is 28.7 Å². The first-order valence-electron chi connectivity index (χ1n) is 6.35. The van der Waals surface area contributed by atoms with Crippen molar-refractivity contribution in [3.8, 4) is 0 Å². The summed E-state index contributed by atoms with van der Waals surface area (Å²) < 4.78 is 28.0. The summed E-state index contributed by atoms with van der Waals surface area (Å²) in [6.45, 7) is 10.4. The fraction of sp³-hybridized carbons (Fsp3) is 0.692. The Labute approximate surface area is 119 Å². The molecule has 0 unspecified atom stereocenters. The van der Waals surface area contributed by atoms with E-state index in [-0.39, 0.29) is 23.4 Å². The number of hydrogen-bond acceptors (Lipinski definition) is 4. The molecule has 19 heavy (non-hydrogen) atoms. The summed E-state index contributed by atoms with van der Waals surface area (Å²) in [7, 11) is -3.49. The van der Waals surface area contributed by atoms with Crippen molar-refractivity contribution in [3.05, 3.63) is 15.8 Å². The number of hydrogen-bond donors (Lipinski definition) is 2. The maximum atomic E-state index is 12.6. The minimum absolute atomic E-state index is 0.0210. The van der Waals surface area contributed by atoms with Crippen molar-refractivity contribution < 1.29 is 8.42 Å². The highest BCUT2D eigenvalue weighted by Crippen LogP contribution is 2.63. The summed E-state index contributed by atoms with van der Waals surface area (Å²) >= 11 is 1.41. The first-order chi connectivity index (χ1) is 8.55. The van der Waals surface area contributed by atoms with Crippen LogP contribution < -0.4 is 10.5 Å². The van der Waals surface area contributed by atoms with Gasteiger partial charge in [0.1, 0.15) is 4.90 Å². The van der Waals surface area contributed by atoms with Gasteiger partial charge in [0, 0.05) is 17.5 Å². The number of aryl methyl sites for hydroxylation is 1. The molecule has 0 spiro atoms. The number of sulfonamides is 1. The van der Waals surface area contributed by atoms with Crippen molar-refractivity contribution >= 4 is 21.4 Å². The first-order valence-corrected chi connectivity index (χ1v) is 8.71. The number of nitrogens with two attached hydrogens (primary N) is 1. The molecule has 1 aliphatic carbocycles. The van der Waals surface area contributed by atoms with Crippen LogP contribution in [0.25, 0.3) is 0 Å². The molecule has 3 N–H and O–H groups in total. The molecule has 0 amide bonds. The SMILES string of the molecule is Cc1csc(CN)c1S(=O)(=O)NC1C(C)(C)C1(C)C. The van der Waals surface area contributed by atoms with Gasteiger partial charge in [0.25, 0.3) is 0 Å². The van der Waals surface area contributed by atoms with E-state index in [1.54, 1.807) is 0 Å². The summed E-state index contributed by atoms with van der Waals surface area (Å²) in [5.41, 5.74) is 6.36. The number of nitrogens with one attached hydrogen (secondary N) is 1. The molecule has 1 heterocycles. The summed E-state index contributed by atoms with van der Waals surface area (Å²) in [5.74, 6) is 0. The molecule has 0 saturated heterocycles. The Morgan fingerprint density at radius 1 is 1.32 bits per heavy atom. The molecule has 4 nitrogen and oxygen atoms in total. The van der Waals surface area contributed by atoms with Crippen molar-refractivity contribution in [1.82, 2.24) is 4.72 Å². The highest BCUT2D eigenvalue weighted by atomic mass is 32.2. The average Bonchev–Trinajstić information content (AvgIpc) is 2.65. The van der Waals surface area contributed by atoms with E-state index in [1.165, 1.54) is 11.3 Å². The molecule has 0 atom stereocenters. The fourth-order valence-corrected chi connectivity index (χ4v) is 5.93. The third-order valence-corrected chi connectivity index (χ3v) is 7.64. The Morgan fingerprint density at radius 3 is 2.26 bits per heavy atom. The van der Waals surface area contributed by atoms with Crippen LogP contribution in [-0.2, 0) is 16.6 Å². The van der Waals surface area contributed by atoms with E-state index in [1.807, 2.05) is 12.3 Å². The normalized spacial score (nSPS) is 21.6. The average molecular weight is 302 g/mol. The van der Waals surface area contributed by atoms with Crippen LogP contribution >= 0.6 is 11.3 Å². The Bertz CT molecular complexity index is 586. The van der Waals surface area contributed by atoms with Crippen LogP contribution in [0.5, 0.6) is 0 Å². The lowest BCUT2D eigenvalue weighted by molar-refractivity contribution is 0.457. The van der Waals surface area contributed by atoms with Crippen molar-refractivity contribution in [3.63, 3.8) is 0 Å². The highest BCUT2D eigenvalue weighted by Gasteiger charge is 2.66. The van der Waals surface area contributed by atoms with Crippen LogP contribution in [-0.4, -0.2) is 14.5 Å². The fourth-order valence-electron chi connectivity index (χ4n) is 2.69. The van der Waals surface area contributed by atoms with Crippen molar-refractivity contribution in [2.45, 2.75) is 52.1 Å². The minimum atomic E-state index is -3.49. The van der Waals surface area contributed by atoms with Crippen LogP contribution in [0.1, 0.15) is 38.1 Å². The zero-order valence-corrected chi connectivity index (χ0v) is 13.7. The van der Waals surface area contributed by atoms with Gasteiger partial charge in [0.05, 0.1) is 0 Å². The maximum absolute atomic E-state index is 12.6. The molecule has 0 aromatic carbocycles. The molecule has 108 valence electrons. The van der Waals surface area contributed by atoms with Crippen LogP contribution in [0.15, 0.2) is 10.3 Å². The van der Waals surface area contributed by atoms with Gasteiger partial charge in [0.2, 0.25) is 10.0 Å². The van der Waals surface area contributed by atoms with E-state index >= 15 is 0 Å². The van der Waals surface area contributed by atoms with E-state index < -0.39 is 10.0 Å². The lowest BCUT2D eigenvalue weighted by Crippen LogP contribution is -2.30. The van der Waals surface area contributed by atoms with Crippen LogP contribution in [0.4, 0.5) is 0 Å². The minimum Gasteiger partial charge on any atom is -0.326 e. The van der Waals surface area contributed by atoms with Gasteiger partial charge < -0.3 is 5.73 Å². The second kappa shape index (κ2) is 4.28. The molecular formula is C13H22N2O2S2. The third kappa shape index (κ3) is 2.14. The lowest BCUT2D eigenvalue weighted by atomic mass is 10.0. The third-order valence-electron chi connectivity index (χ3n) is 4.74. The molecule has 1 fully saturated rings. The second-order valence-electron chi connectivity index (χ2n) is 6.37. The predicted molar refractivity (Wildman–Crippen MR) is 78.6 cm³/mol. The molecular weight excluding hydrogens is 280 g/mol. The van der Waals surface area contributed by atoms with Gasteiger partial charge in [-0.1, -0.05) is 27.7 Å². The van der Waals surface area contributed by atoms with E-state index in [9.17, 15) is 8.42 Å². The smallest absolute Gasteiger partial charge is 0.242 e. The number of rotatable bonds is 4. The predicted octanol–water partition coefficient (Wildman–Crippen LogP) is 2.23. The second-order valence-corrected chi connectivity index (χ2v) is 8.99. The molecule has 2 rings (SSSR count). The van der Waals surface area contributed by atoms with Gasteiger partial charge in [-0.2, -0.15) is 0 Å². The maximum Gasteiger partial charge on any atom is 0.242 e. The van der Waals surface area contributed by atoms with Crippen LogP contribution in [0.2, 0.25) is 0 Å². The van der Waals surface area contributed by atoms with E-state index in [4.69, 9.17) is 5.73 Å². The Kier molecular flexibility index (Phi) is 3.37. The first kappa shape index (κ1) is 15.0. The van der Waals surface area contributed by atoms with E-state index in [0.717, 1.165) is 10.4 Å². The molecule has 1 saturated carbocycles. The summed E-state index contributed by atoms with van der Waals surface area (Å²) in [4.78, 5) is 1.10. The highest BCUT2D eigenvalue weighted by molar-refractivity contribution is 7.89. The molecule has 0 aliphatic heterocycles. The van der Waals surface area contributed by atoms with Gasteiger partial charge in [0.15, 0.2) is 0 Å². The van der Waals surface area contributed by atoms with Crippen LogP contribution in [0, 0.1) is 17.8 Å². The van der Waals surface area contributed by atoms with E-state index in [2.05, 4.69) is 32.4 Å². The van der Waals surface area contributed by atoms with Gasteiger partial charge in [-0.15, -0.1) is 11.3 Å². The van der Waals surface area contributed by atoms with Gasteiger partial charge in [-0.25, -0.2) is 13.1 Å². The molecule has 0 radical (unpaired) electrons. The molecule has 0 bridgehead atoms. The summed E-state index contributed by atoms with van der Waals surface area (Å²) in [6.07, 6.45) is 0. The van der Waals surface area contributed by atoms with Gasteiger partial charge >= 0.3 is 0 Å². The van der Waals surface area contributed by atoms with Crippen LogP contribution in [0.3, 0.4) is 0 Å².